The molecule has 0 unspecified atom stereocenters. The summed E-state index contributed by atoms with van der Waals surface area (Å²) in [5.74, 6) is -0.130. The van der Waals surface area contributed by atoms with Gasteiger partial charge in [0.05, 0.1) is 0 Å². The second-order valence-corrected chi connectivity index (χ2v) is 3.64. The first-order chi connectivity index (χ1) is 8.08. The van der Waals surface area contributed by atoms with Gasteiger partial charge in [-0.3, -0.25) is 9.59 Å². The third-order valence-corrected chi connectivity index (χ3v) is 2.01. The minimum atomic E-state index is -0.0843. The summed E-state index contributed by atoms with van der Waals surface area (Å²) in [7, 11) is 0. The highest BCUT2D eigenvalue weighted by molar-refractivity contribution is 5.88. The minimum absolute atomic E-state index is 0.0457. The highest BCUT2D eigenvalue weighted by atomic mass is 16.1. The predicted octanol–water partition coefficient (Wildman–Crippen LogP) is 1.79. The fourth-order valence-electron chi connectivity index (χ4n) is 1.28. The molecule has 4 nitrogen and oxygen atoms in total. The number of hydrogen-bond donors (Lipinski definition) is 2. The molecule has 0 heterocycles. The second kappa shape index (κ2) is 6.48. The number of nitrogens with one attached hydrogen (secondary N) is 2. The molecule has 1 rings (SSSR count). The number of carbonyl (C=O) groups is 2. The Balaban J connectivity index is 2.50. The van der Waals surface area contributed by atoms with E-state index >= 15 is 0 Å². The monoisotopic (exact) mass is 232 g/mol. The second-order valence-electron chi connectivity index (χ2n) is 3.64. The Hall–Kier alpha value is -2.10. The van der Waals surface area contributed by atoms with Gasteiger partial charge < -0.3 is 10.6 Å². The van der Waals surface area contributed by atoms with Gasteiger partial charge in [0.25, 0.3) is 0 Å². The first-order valence-electron chi connectivity index (χ1n) is 5.36. The highest BCUT2D eigenvalue weighted by Gasteiger charge is 1.94. The van der Waals surface area contributed by atoms with E-state index in [9.17, 15) is 9.59 Å². The lowest BCUT2D eigenvalue weighted by Gasteiger charge is -2.01. The van der Waals surface area contributed by atoms with Crippen LogP contribution < -0.4 is 10.6 Å². The maximum Gasteiger partial charge on any atom is 0.221 e. The Bertz CT molecular complexity index is 422. The summed E-state index contributed by atoms with van der Waals surface area (Å²) in [5.41, 5.74) is 1.79. The van der Waals surface area contributed by atoms with Gasteiger partial charge in [-0.1, -0.05) is 24.3 Å². The Morgan fingerprint density at radius 2 is 1.76 bits per heavy atom. The molecule has 0 saturated heterocycles. The number of hydrogen-bond acceptors (Lipinski definition) is 2. The molecule has 2 amide bonds. The molecule has 0 saturated carbocycles. The Labute approximate surface area is 101 Å². The lowest BCUT2D eigenvalue weighted by atomic mass is 10.2. The molecule has 0 fully saturated rings. The Kier molecular flexibility index (Phi) is 4.94. The average molecular weight is 232 g/mol. The van der Waals surface area contributed by atoms with Gasteiger partial charge in [0.1, 0.15) is 0 Å². The van der Waals surface area contributed by atoms with E-state index in [-0.39, 0.29) is 11.8 Å². The largest absolute Gasteiger partial charge is 0.353 e. The summed E-state index contributed by atoms with van der Waals surface area (Å²) in [6, 6.07) is 7.46. The standard InChI is InChI=1S/C13H16N2O2/c1-10(16)14-9-3-4-12-5-7-13(8-6-12)15-11(2)17/h3-8H,9H2,1-2H3,(H,14,16)(H,15,17). The molecule has 1 aromatic carbocycles. The fourth-order valence-corrected chi connectivity index (χ4v) is 1.28. The first-order valence-corrected chi connectivity index (χ1v) is 5.36. The molecule has 0 bridgehead atoms. The van der Waals surface area contributed by atoms with Crippen LogP contribution in [0.3, 0.4) is 0 Å². The quantitative estimate of drug-likeness (QED) is 0.831. The molecule has 0 radical (unpaired) electrons. The van der Waals surface area contributed by atoms with E-state index in [1.54, 1.807) is 0 Å². The molecule has 90 valence electrons. The molecule has 0 aliphatic rings. The van der Waals surface area contributed by atoms with Crippen molar-refractivity contribution in [1.29, 1.82) is 0 Å². The number of rotatable bonds is 4. The van der Waals surface area contributed by atoms with Gasteiger partial charge in [-0.25, -0.2) is 0 Å². The van der Waals surface area contributed by atoms with Crippen LogP contribution in [-0.2, 0) is 9.59 Å². The van der Waals surface area contributed by atoms with Crippen LogP contribution >= 0.6 is 0 Å². The maximum atomic E-state index is 10.8. The highest BCUT2D eigenvalue weighted by Crippen LogP contribution is 2.10. The summed E-state index contributed by atoms with van der Waals surface area (Å²) in [6.45, 7) is 3.47. The van der Waals surface area contributed by atoms with E-state index in [4.69, 9.17) is 0 Å². The summed E-state index contributed by atoms with van der Waals surface area (Å²) in [6.07, 6.45) is 3.78. The molecular formula is C13H16N2O2. The van der Waals surface area contributed by atoms with Crippen LogP contribution in [0.5, 0.6) is 0 Å². The van der Waals surface area contributed by atoms with Gasteiger partial charge in [-0.15, -0.1) is 0 Å². The SMILES string of the molecule is CC(=O)NCC=Cc1ccc(NC(C)=O)cc1. The van der Waals surface area contributed by atoms with Gasteiger partial charge in [0.2, 0.25) is 11.8 Å². The van der Waals surface area contributed by atoms with E-state index in [1.165, 1.54) is 13.8 Å². The number of amides is 2. The van der Waals surface area contributed by atoms with Crippen molar-refractivity contribution >= 4 is 23.6 Å². The number of anilines is 1. The van der Waals surface area contributed by atoms with Crippen LogP contribution in [0.2, 0.25) is 0 Å². The van der Waals surface area contributed by atoms with Crippen molar-refractivity contribution in [1.82, 2.24) is 5.32 Å². The Morgan fingerprint density at radius 3 is 2.29 bits per heavy atom. The molecule has 0 aliphatic carbocycles. The Morgan fingerprint density at radius 1 is 1.12 bits per heavy atom. The lowest BCUT2D eigenvalue weighted by molar-refractivity contribution is -0.118. The average Bonchev–Trinajstić information content (AvgIpc) is 2.25. The molecule has 0 aromatic heterocycles. The lowest BCUT2D eigenvalue weighted by Crippen LogP contribution is -2.19. The topological polar surface area (TPSA) is 58.2 Å². The zero-order valence-electron chi connectivity index (χ0n) is 9.99. The van der Waals surface area contributed by atoms with Gasteiger partial charge in [-0.2, -0.15) is 0 Å². The molecule has 2 N–H and O–H groups in total. The normalized spacial score (nSPS) is 10.2. The molecular weight excluding hydrogens is 216 g/mol. The van der Waals surface area contributed by atoms with Crippen LogP contribution in [0.15, 0.2) is 30.3 Å². The van der Waals surface area contributed by atoms with E-state index in [2.05, 4.69) is 10.6 Å². The van der Waals surface area contributed by atoms with Crippen molar-refractivity contribution in [3.8, 4) is 0 Å². The maximum absolute atomic E-state index is 10.8. The van der Waals surface area contributed by atoms with E-state index in [0.29, 0.717) is 6.54 Å². The summed E-state index contributed by atoms with van der Waals surface area (Å²) < 4.78 is 0. The van der Waals surface area contributed by atoms with Crippen LogP contribution in [-0.4, -0.2) is 18.4 Å². The molecule has 1 aromatic rings. The van der Waals surface area contributed by atoms with Crippen molar-refractivity contribution in [2.75, 3.05) is 11.9 Å². The van der Waals surface area contributed by atoms with Crippen molar-refractivity contribution in [3.05, 3.63) is 35.9 Å². The van der Waals surface area contributed by atoms with Crippen molar-refractivity contribution < 1.29 is 9.59 Å². The zero-order chi connectivity index (χ0) is 12.7. The van der Waals surface area contributed by atoms with Crippen LogP contribution in [0.4, 0.5) is 5.69 Å². The van der Waals surface area contributed by atoms with Crippen LogP contribution in [0.25, 0.3) is 6.08 Å². The van der Waals surface area contributed by atoms with Crippen molar-refractivity contribution in [2.24, 2.45) is 0 Å². The summed E-state index contributed by atoms with van der Waals surface area (Å²) >= 11 is 0. The summed E-state index contributed by atoms with van der Waals surface area (Å²) in [4.78, 5) is 21.4. The van der Waals surface area contributed by atoms with Crippen molar-refractivity contribution in [2.45, 2.75) is 13.8 Å². The van der Waals surface area contributed by atoms with Crippen molar-refractivity contribution in [3.63, 3.8) is 0 Å². The van der Waals surface area contributed by atoms with Gasteiger partial charge in [0, 0.05) is 26.1 Å². The van der Waals surface area contributed by atoms with Crippen LogP contribution in [0, 0.1) is 0 Å². The smallest absolute Gasteiger partial charge is 0.221 e. The molecule has 17 heavy (non-hydrogen) atoms. The molecule has 0 aliphatic heterocycles. The first kappa shape index (κ1) is 13.0. The predicted molar refractivity (Wildman–Crippen MR) is 68.5 cm³/mol. The minimum Gasteiger partial charge on any atom is -0.353 e. The van der Waals surface area contributed by atoms with Gasteiger partial charge in [-0.05, 0) is 17.7 Å². The fraction of sp³-hybridized carbons (Fsp3) is 0.231. The number of carbonyl (C=O) groups excluding carboxylic acids is 2. The van der Waals surface area contributed by atoms with E-state index in [0.717, 1.165) is 11.3 Å². The third-order valence-electron chi connectivity index (χ3n) is 2.01. The van der Waals surface area contributed by atoms with Crippen LogP contribution in [0.1, 0.15) is 19.4 Å². The van der Waals surface area contributed by atoms with Gasteiger partial charge in [0.15, 0.2) is 0 Å². The molecule has 0 atom stereocenters. The zero-order valence-corrected chi connectivity index (χ0v) is 9.99. The number of benzene rings is 1. The third kappa shape index (κ3) is 5.51. The van der Waals surface area contributed by atoms with E-state index < -0.39 is 0 Å². The molecule has 0 spiro atoms. The molecule has 4 heteroatoms. The van der Waals surface area contributed by atoms with E-state index in [1.807, 2.05) is 36.4 Å². The summed E-state index contributed by atoms with van der Waals surface area (Å²) in [5, 5.41) is 5.36. The van der Waals surface area contributed by atoms with Gasteiger partial charge >= 0.3 is 0 Å².